The maximum absolute atomic E-state index is 12.3. The van der Waals surface area contributed by atoms with Crippen molar-refractivity contribution in [3.8, 4) is 0 Å². The third kappa shape index (κ3) is 3.69. The van der Waals surface area contributed by atoms with E-state index in [1.807, 2.05) is 0 Å². The summed E-state index contributed by atoms with van der Waals surface area (Å²) in [6, 6.07) is 2.87. The number of hydrogen-bond acceptors (Lipinski definition) is 5. The van der Waals surface area contributed by atoms with E-state index in [2.05, 4.69) is 14.7 Å². The van der Waals surface area contributed by atoms with Crippen LogP contribution in [0.15, 0.2) is 29.4 Å². The summed E-state index contributed by atoms with van der Waals surface area (Å²) in [5.74, 6) is 0. The molecule has 1 aromatic carbocycles. The van der Waals surface area contributed by atoms with Crippen molar-refractivity contribution in [1.82, 2.24) is 14.7 Å². The summed E-state index contributed by atoms with van der Waals surface area (Å²) in [5, 5.41) is 0.129. The van der Waals surface area contributed by atoms with Gasteiger partial charge in [0.2, 0.25) is 10.0 Å². The minimum absolute atomic E-state index is 0.0275. The molecule has 0 saturated carbocycles. The predicted octanol–water partition coefficient (Wildman–Crippen LogP) is 1.81. The molecule has 2 rings (SSSR count). The van der Waals surface area contributed by atoms with E-state index in [-0.39, 0.29) is 16.5 Å². The average Bonchev–Trinajstić information content (AvgIpc) is 2.42. The van der Waals surface area contributed by atoms with Crippen molar-refractivity contribution in [3.63, 3.8) is 0 Å². The Balaban J connectivity index is 2.22. The van der Waals surface area contributed by atoms with Gasteiger partial charge in [-0.2, -0.15) is 0 Å². The highest BCUT2D eigenvalue weighted by molar-refractivity contribution is 7.89. The molecule has 0 amide bonds. The van der Waals surface area contributed by atoms with Crippen LogP contribution in [0.1, 0.15) is 17.0 Å². The zero-order chi connectivity index (χ0) is 15.6. The van der Waals surface area contributed by atoms with Crippen molar-refractivity contribution in [2.75, 3.05) is 5.73 Å². The predicted molar refractivity (Wildman–Crippen MR) is 81.4 cm³/mol. The molecular weight excluding hydrogens is 312 g/mol. The number of aryl methyl sites for hydroxylation is 2. The number of anilines is 1. The molecule has 0 aliphatic carbocycles. The second kappa shape index (κ2) is 5.97. The molecule has 3 N–H and O–H groups in total. The van der Waals surface area contributed by atoms with E-state index >= 15 is 0 Å². The first kappa shape index (κ1) is 15.7. The second-order valence-corrected chi connectivity index (χ2v) is 6.76. The number of nitrogen functional groups attached to an aromatic ring is 1. The highest BCUT2D eigenvalue weighted by atomic mass is 35.5. The monoisotopic (exact) mass is 326 g/mol. The van der Waals surface area contributed by atoms with Crippen molar-refractivity contribution < 1.29 is 8.42 Å². The number of nitrogens with one attached hydrogen (secondary N) is 1. The summed E-state index contributed by atoms with van der Waals surface area (Å²) >= 11 is 5.99. The summed E-state index contributed by atoms with van der Waals surface area (Å²) in [6.07, 6.45) is 3.09. The number of sulfonamides is 1. The minimum atomic E-state index is -3.77. The fraction of sp³-hybridized carbons (Fsp3) is 0.231. The number of nitrogens with two attached hydrogens (primary N) is 1. The number of halogens is 1. The van der Waals surface area contributed by atoms with Gasteiger partial charge in [-0.25, -0.2) is 13.1 Å². The van der Waals surface area contributed by atoms with Crippen molar-refractivity contribution in [2.24, 2.45) is 0 Å². The first-order valence-electron chi connectivity index (χ1n) is 6.12. The fourth-order valence-corrected chi connectivity index (χ4v) is 3.25. The van der Waals surface area contributed by atoms with E-state index in [0.717, 1.165) is 11.3 Å². The fourth-order valence-electron chi connectivity index (χ4n) is 1.63. The summed E-state index contributed by atoms with van der Waals surface area (Å²) in [4.78, 5) is 8.09. The molecule has 0 aliphatic rings. The van der Waals surface area contributed by atoms with Crippen LogP contribution in [-0.4, -0.2) is 18.4 Å². The van der Waals surface area contributed by atoms with E-state index in [9.17, 15) is 8.42 Å². The molecule has 0 fully saturated rings. The Bertz CT molecular complexity index is 760. The largest absolute Gasteiger partial charge is 0.398 e. The Kier molecular flexibility index (Phi) is 4.46. The van der Waals surface area contributed by atoms with Crippen molar-refractivity contribution in [2.45, 2.75) is 25.3 Å². The smallest absolute Gasteiger partial charge is 0.242 e. The first-order chi connectivity index (χ1) is 9.79. The van der Waals surface area contributed by atoms with Gasteiger partial charge < -0.3 is 5.73 Å². The minimum Gasteiger partial charge on any atom is -0.398 e. The standard InChI is InChI=1S/C13H15ClN4O2S/c1-8-3-11(14)13(4-12(8)15)21(19,20)18-7-10-6-16-9(2)5-17-10/h3-6,18H,7,15H2,1-2H3. The molecule has 1 aromatic heterocycles. The van der Waals surface area contributed by atoms with Crippen LogP contribution in [0.3, 0.4) is 0 Å². The van der Waals surface area contributed by atoms with E-state index in [1.54, 1.807) is 20.0 Å². The number of rotatable bonds is 4. The molecule has 0 unspecified atom stereocenters. The molecule has 0 saturated heterocycles. The lowest BCUT2D eigenvalue weighted by atomic mass is 10.2. The van der Waals surface area contributed by atoms with Gasteiger partial charge in [-0.15, -0.1) is 0 Å². The summed E-state index contributed by atoms with van der Waals surface area (Å²) in [7, 11) is -3.77. The van der Waals surface area contributed by atoms with Crippen LogP contribution >= 0.6 is 11.6 Å². The summed E-state index contributed by atoms with van der Waals surface area (Å²) in [6.45, 7) is 3.59. The maximum Gasteiger partial charge on any atom is 0.242 e. The van der Waals surface area contributed by atoms with Gasteiger partial charge in [0.15, 0.2) is 0 Å². The molecule has 0 spiro atoms. The molecule has 6 nitrogen and oxygen atoms in total. The molecule has 0 atom stereocenters. The quantitative estimate of drug-likeness (QED) is 0.835. The zero-order valence-corrected chi connectivity index (χ0v) is 13.2. The third-order valence-corrected chi connectivity index (χ3v) is 4.75. The molecule has 21 heavy (non-hydrogen) atoms. The van der Waals surface area contributed by atoms with Crippen LogP contribution in [0.2, 0.25) is 5.02 Å². The first-order valence-corrected chi connectivity index (χ1v) is 7.98. The maximum atomic E-state index is 12.3. The number of aromatic nitrogens is 2. The Morgan fingerprint density at radius 1 is 1.24 bits per heavy atom. The molecule has 8 heteroatoms. The second-order valence-electron chi connectivity index (χ2n) is 4.61. The van der Waals surface area contributed by atoms with Gasteiger partial charge in [-0.3, -0.25) is 9.97 Å². The van der Waals surface area contributed by atoms with Gasteiger partial charge in [0.05, 0.1) is 29.2 Å². The van der Waals surface area contributed by atoms with Crippen LogP contribution in [0.5, 0.6) is 0 Å². The van der Waals surface area contributed by atoms with Gasteiger partial charge >= 0.3 is 0 Å². The van der Waals surface area contributed by atoms with Crippen LogP contribution in [-0.2, 0) is 16.6 Å². The van der Waals surface area contributed by atoms with Crippen molar-refractivity contribution in [3.05, 3.63) is 46.5 Å². The summed E-state index contributed by atoms with van der Waals surface area (Å²) < 4.78 is 26.9. The molecule has 0 aliphatic heterocycles. The molecular formula is C13H15ClN4O2S. The van der Waals surface area contributed by atoms with E-state index in [4.69, 9.17) is 17.3 Å². The molecule has 2 aromatic rings. The highest BCUT2D eigenvalue weighted by Crippen LogP contribution is 2.26. The number of nitrogens with zero attached hydrogens (tertiary/aromatic N) is 2. The molecule has 0 radical (unpaired) electrons. The lowest BCUT2D eigenvalue weighted by Crippen LogP contribution is -2.24. The summed E-state index contributed by atoms with van der Waals surface area (Å²) in [5.41, 5.74) is 8.11. The Morgan fingerprint density at radius 3 is 2.57 bits per heavy atom. The number of benzene rings is 1. The molecule has 0 bridgehead atoms. The van der Waals surface area contributed by atoms with Crippen LogP contribution in [0.4, 0.5) is 5.69 Å². The Hall–Kier alpha value is -1.70. The van der Waals surface area contributed by atoms with Gasteiger partial charge in [-0.1, -0.05) is 11.6 Å². The Labute approximate surface area is 128 Å². The van der Waals surface area contributed by atoms with E-state index in [0.29, 0.717) is 11.4 Å². The zero-order valence-electron chi connectivity index (χ0n) is 11.6. The van der Waals surface area contributed by atoms with E-state index < -0.39 is 10.0 Å². The van der Waals surface area contributed by atoms with Gasteiger partial charge in [-0.05, 0) is 31.5 Å². The van der Waals surface area contributed by atoms with Gasteiger partial charge in [0.1, 0.15) is 4.90 Å². The topological polar surface area (TPSA) is 98.0 Å². The normalized spacial score (nSPS) is 11.6. The van der Waals surface area contributed by atoms with Crippen LogP contribution in [0, 0.1) is 13.8 Å². The van der Waals surface area contributed by atoms with Crippen LogP contribution in [0.25, 0.3) is 0 Å². The van der Waals surface area contributed by atoms with Crippen LogP contribution < -0.4 is 10.5 Å². The lowest BCUT2D eigenvalue weighted by Gasteiger charge is -2.10. The Morgan fingerprint density at radius 2 is 1.95 bits per heavy atom. The lowest BCUT2D eigenvalue weighted by molar-refractivity contribution is 0.580. The van der Waals surface area contributed by atoms with Gasteiger partial charge in [0, 0.05) is 11.9 Å². The molecule has 112 valence electrons. The average molecular weight is 327 g/mol. The van der Waals surface area contributed by atoms with E-state index in [1.165, 1.54) is 18.3 Å². The van der Waals surface area contributed by atoms with Crippen molar-refractivity contribution in [1.29, 1.82) is 0 Å². The number of hydrogen-bond donors (Lipinski definition) is 2. The third-order valence-electron chi connectivity index (χ3n) is 2.89. The van der Waals surface area contributed by atoms with Crippen molar-refractivity contribution >= 4 is 27.3 Å². The van der Waals surface area contributed by atoms with Gasteiger partial charge in [0.25, 0.3) is 0 Å². The SMILES string of the molecule is Cc1cnc(CNS(=O)(=O)c2cc(N)c(C)cc2Cl)cn1. The highest BCUT2D eigenvalue weighted by Gasteiger charge is 2.19. The molecule has 1 heterocycles.